The number of rotatable bonds is 7. The van der Waals surface area contributed by atoms with Gasteiger partial charge < -0.3 is 14.6 Å². The molecule has 2 heterocycles. The van der Waals surface area contributed by atoms with Gasteiger partial charge in [0, 0.05) is 29.8 Å². The first-order valence-electron chi connectivity index (χ1n) is 9.03. The predicted octanol–water partition coefficient (Wildman–Crippen LogP) is 3.55. The fourth-order valence-corrected chi connectivity index (χ4v) is 2.87. The van der Waals surface area contributed by atoms with Crippen LogP contribution in [0.15, 0.2) is 45.7 Å². The molecule has 0 radical (unpaired) electrons. The van der Waals surface area contributed by atoms with Crippen molar-refractivity contribution in [3.8, 4) is 5.75 Å². The SMILES string of the molecule is CCC(CC)C(=O)Nc1cccc(OCc2cc(=O)n3oc(C)cc3n2)c1. The fourth-order valence-electron chi connectivity index (χ4n) is 2.87. The lowest BCUT2D eigenvalue weighted by molar-refractivity contribution is -0.120. The van der Waals surface area contributed by atoms with Crippen LogP contribution in [0.25, 0.3) is 5.65 Å². The normalized spacial score (nSPS) is 11.1. The first-order chi connectivity index (χ1) is 13.0. The van der Waals surface area contributed by atoms with Crippen molar-refractivity contribution in [2.75, 3.05) is 5.32 Å². The molecule has 1 amide bonds. The molecule has 7 nitrogen and oxygen atoms in total. The van der Waals surface area contributed by atoms with E-state index in [2.05, 4.69) is 10.3 Å². The van der Waals surface area contributed by atoms with Gasteiger partial charge >= 0.3 is 0 Å². The average Bonchev–Trinajstić information content (AvgIpc) is 3.02. The van der Waals surface area contributed by atoms with Crippen LogP contribution in [0.2, 0.25) is 0 Å². The van der Waals surface area contributed by atoms with Crippen LogP contribution in [0, 0.1) is 12.8 Å². The van der Waals surface area contributed by atoms with Gasteiger partial charge in [-0.3, -0.25) is 9.59 Å². The lowest BCUT2D eigenvalue weighted by Gasteiger charge is -2.13. The van der Waals surface area contributed by atoms with Gasteiger partial charge in [0.15, 0.2) is 5.65 Å². The molecule has 7 heteroatoms. The molecule has 3 aromatic rings. The molecule has 0 aliphatic heterocycles. The number of carbonyl (C=O) groups is 1. The summed E-state index contributed by atoms with van der Waals surface area (Å²) in [6.45, 7) is 5.90. The molecule has 0 fully saturated rings. The minimum absolute atomic E-state index is 0.00288. The Morgan fingerprint density at radius 2 is 2.04 bits per heavy atom. The van der Waals surface area contributed by atoms with Crippen LogP contribution in [-0.2, 0) is 11.4 Å². The minimum Gasteiger partial charge on any atom is -0.487 e. The van der Waals surface area contributed by atoms with Crippen LogP contribution in [0.3, 0.4) is 0 Å². The first-order valence-corrected chi connectivity index (χ1v) is 9.03. The molecule has 0 bridgehead atoms. The van der Waals surface area contributed by atoms with E-state index in [1.165, 1.54) is 6.07 Å². The van der Waals surface area contributed by atoms with Gasteiger partial charge in [-0.25, -0.2) is 4.98 Å². The quantitative estimate of drug-likeness (QED) is 0.688. The average molecular weight is 369 g/mol. The van der Waals surface area contributed by atoms with Crippen molar-refractivity contribution in [3.63, 3.8) is 0 Å². The Morgan fingerprint density at radius 3 is 2.78 bits per heavy atom. The Hall–Kier alpha value is -3.09. The van der Waals surface area contributed by atoms with E-state index in [4.69, 9.17) is 9.26 Å². The van der Waals surface area contributed by atoms with Crippen LogP contribution >= 0.6 is 0 Å². The molecule has 0 unspecified atom stereocenters. The maximum absolute atomic E-state index is 12.2. The number of benzene rings is 1. The van der Waals surface area contributed by atoms with E-state index in [1.54, 1.807) is 25.1 Å². The van der Waals surface area contributed by atoms with Crippen molar-refractivity contribution in [2.24, 2.45) is 5.92 Å². The van der Waals surface area contributed by atoms with E-state index < -0.39 is 0 Å². The summed E-state index contributed by atoms with van der Waals surface area (Å²) in [7, 11) is 0. The third-order valence-electron chi connectivity index (χ3n) is 4.37. The van der Waals surface area contributed by atoms with Gasteiger partial charge in [-0.2, -0.15) is 0 Å². The van der Waals surface area contributed by atoms with Gasteiger partial charge in [0.2, 0.25) is 5.91 Å². The number of aryl methyl sites for hydroxylation is 1. The van der Waals surface area contributed by atoms with Gasteiger partial charge in [0.1, 0.15) is 18.1 Å². The van der Waals surface area contributed by atoms with E-state index in [9.17, 15) is 9.59 Å². The summed E-state index contributed by atoms with van der Waals surface area (Å²) in [5, 5.41) is 2.92. The number of hydrogen-bond donors (Lipinski definition) is 1. The highest BCUT2D eigenvalue weighted by Crippen LogP contribution is 2.20. The Balaban J connectivity index is 1.70. The summed E-state index contributed by atoms with van der Waals surface area (Å²) in [5.74, 6) is 1.20. The van der Waals surface area contributed by atoms with Crippen LogP contribution in [-0.4, -0.2) is 15.5 Å². The second-order valence-electron chi connectivity index (χ2n) is 6.40. The van der Waals surface area contributed by atoms with Crippen molar-refractivity contribution < 1.29 is 14.1 Å². The van der Waals surface area contributed by atoms with Gasteiger partial charge in [-0.1, -0.05) is 19.9 Å². The number of nitrogens with zero attached hydrogens (tertiary/aromatic N) is 2. The van der Waals surface area contributed by atoms with Crippen molar-refractivity contribution in [1.29, 1.82) is 0 Å². The smallest absolute Gasteiger partial charge is 0.287 e. The Bertz CT molecular complexity index is 1000. The highest BCUT2D eigenvalue weighted by molar-refractivity contribution is 5.92. The van der Waals surface area contributed by atoms with E-state index >= 15 is 0 Å². The van der Waals surface area contributed by atoms with E-state index in [1.807, 2.05) is 26.0 Å². The Kier molecular flexibility index (Phi) is 5.59. The second kappa shape index (κ2) is 8.07. The van der Waals surface area contributed by atoms with Crippen LogP contribution in [0.1, 0.15) is 38.1 Å². The van der Waals surface area contributed by atoms with Gasteiger partial charge in [0.05, 0.1) is 5.69 Å². The minimum atomic E-state index is -0.294. The zero-order chi connectivity index (χ0) is 19.4. The standard InChI is InChI=1S/C20H23N3O4/c1-4-14(5-2)20(25)22-15-7-6-8-17(10-15)26-12-16-11-19(24)23-18(21-16)9-13(3)27-23/h6-11,14H,4-5,12H2,1-3H3,(H,22,25). The fraction of sp³-hybridized carbons (Fsp3) is 0.350. The molecular weight excluding hydrogens is 346 g/mol. The monoisotopic (exact) mass is 369 g/mol. The Morgan fingerprint density at radius 1 is 1.26 bits per heavy atom. The number of carbonyl (C=O) groups excluding carboxylic acids is 1. The molecule has 1 aromatic carbocycles. The molecule has 0 aliphatic rings. The molecule has 0 spiro atoms. The van der Waals surface area contributed by atoms with E-state index in [0.29, 0.717) is 28.5 Å². The molecule has 0 aliphatic carbocycles. The van der Waals surface area contributed by atoms with Crippen LogP contribution in [0.4, 0.5) is 5.69 Å². The second-order valence-corrected chi connectivity index (χ2v) is 6.40. The summed E-state index contributed by atoms with van der Waals surface area (Å²) in [6.07, 6.45) is 1.60. The van der Waals surface area contributed by atoms with Crippen LogP contribution < -0.4 is 15.6 Å². The summed E-state index contributed by atoms with van der Waals surface area (Å²) < 4.78 is 12.2. The van der Waals surface area contributed by atoms with Crippen molar-refractivity contribution >= 4 is 17.2 Å². The molecular formula is C20H23N3O4. The highest BCUT2D eigenvalue weighted by atomic mass is 16.5. The predicted molar refractivity (Wildman–Crippen MR) is 102 cm³/mol. The first kappa shape index (κ1) is 18.7. The largest absolute Gasteiger partial charge is 0.487 e. The van der Waals surface area contributed by atoms with Crippen LogP contribution in [0.5, 0.6) is 5.75 Å². The lowest BCUT2D eigenvalue weighted by Crippen LogP contribution is -2.21. The summed E-state index contributed by atoms with van der Waals surface area (Å²) in [5.41, 5.74) is 1.34. The molecule has 1 N–H and O–H groups in total. The molecule has 142 valence electrons. The zero-order valence-corrected chi connectivity index (χ0v) is 15.7. The van der Waals surface area contributed by atoms with E-state index in [-0.39, 0.29) is 24.0 Å². The van der Waals surface area contributed by atoms with E-state index in [0.717, 1.165) is 17.4 Å². The van der Waals surface area contributed by atoms with Gasteiger partial charge in [-0.15, -0.1) is 4.57 Å². The summed E-state index contributed by atoms with van der Waals surface area (Å²) in [4.78, 5) is 28.6. The highest BCUT2D eigenvalue weighted by Gasteiger charge is 2.14. The molecule has 2 aromatic heterocycles. The van der Waals surface area contributed by atoms with Crippen molar-refractivity contribution in [1.82, 2.24) is 9.56 Å². The number of aromatic nitrogens is 2. The number of hydrogen-bond acceptors (Lipinski definition) is 5. The Labute approximate surface area is 156 Å². The number of ether oxygens (including phenoxy) is 1. The van der Waals surface area contributed by atoms with Gasteiger partial charge in [-0.05, 0) is 31.9 Å². The molecule has 0 atom stereocenters. The molecule has 3 rings (SSSR count). The zero-order valence-electron chi connectivity index (χ0n) is 15.7. The molecule has 0 saturated carbocycles. The van der Waals surface area contributed by atoms with Gasteiger partial charge in [0.25, 0.3) is 5.56 Å². The maximum Gasteiger partial charge on any atom is 0.287 e. The maximum atomic E-state index is 12.2. The number of amides is 1. The molecule has 0 saturated heterocycles. The number of anilines is 1. The number of nitrogens with one attached hydrogen (secondary N) is 1. The summed E-state index contributed by atoms with van der Waals surface area (Å²) >= 11 is 0. The number of fused-ring (bicyclic) bond motifs is 1. The van der Waals surface area contributed by atoms with Crippen molar-refractivity contribution in [2.45, 2.75) is 40.2 Å². The topological polar surface area (TPSA) is 85.8 Å². The lowest BCUT2D eigenvalue weighted by atomic mass is 10.0. The third-order valence-corrected chi connectivity index (χ3v) is 4.37. The molecule has 27 heavy (non-hydrogen) atoms. The summed E-state index contributed by atoms with van der Waals surface area (Å²) in [6, 6.07) is 10.3. The third kappa shape index (κ3) is 4.36. The van der Waals surface area contributed by atoms with Crippen molar-refractivity contribution in [3.05, 3.63) is 58.2 Å².